The van der Waals surface area contributed by atoms with Crippen LogP contribution in [-0.2, 0) is 5.41 Å². The van der Waals surface area contributed by atoms with Crippen molar-refractivity contribution < 1.29 is 4.42 Å². The van der Waals surface area contributed by atoms with Gasteiger partial charge in [-0.15, -0.1) is 0 Å². The van der Waals surface area contributed by atoms with Gasteiger partial charge in [0.15, 0.2) is 0 Å². The van der Waals surface area contributed by atoms with Crippen LogP contribution in [0.2, 0.25) is 0 Å². The van der Waals surface area contributed by atoms with Crippen LogP contribution in [0.4, 0.5) is 17.1 Å². The maximum atomic E-state index is 6.33. The van der Waals surface area contributed by atoms with Crippen LogP contribution in [0.3, 0.4) is 0 Å². The number of hydrogen-bond acceptors (Lipinski definition) is 2. The van der Waals surface area contributed by atoms with Gasteiger partial charge in [-0.2, -0.15) is 0 Å². The largest absolute Gasteiger partial charge is 0.456 e. The van der Waals surface area contributed by atoms with Crippen molar-refractivity contribution in [3.05, 3.63) is 248 Å². The number of benzene rings is 10. The molecule has 1 aliphatic rings. The fourth-order valence-corrected chi connectivity index (χ4v) is 10.3. The molecule has 0 unspecified atom stereocenters. The van der Waals surface area contributed by atoms with E-state index in [1.807, 2.05) is 12.1 Å². The van der Waals surface area contributed by atoms with Gasteiger partial charge < -0.3 is 9.32 Å². The molecule has 0 spiro atoms. The Hall–Kier alpha value is -8.20. The molecular formula is C63H45NO. The third kappa shape index (κ3) is 6.49. The molecule has 2 nitrogen and oxygen atoms in total. The SMILES string of the molecule is CC1(C)c2ccccc2-c2c(-c3ccc(N(c4ccccc4-c4ccccc4)c4cccc(-c5ccc6oc7ccccc7c6c5)c4-c4ccc(-c5ccccc5)cc4)cc3)cccc21. The number of rotatable bonds is 8. The maximum Gasteiger partial charge on any atom is 0.135 e. The van der Waals surface area contributed by atoms with E-state index in [1.165, 1.54) is 44.5 Å². The molecule has 0 N–H and O–H groups in total. The third-order valence-corrected chi connectivity index (χ3v) is 13.5. The van der Waals surface area contributed by atoms with Crippen LogP contribution in [0.25, 0.3) is 88.7 Å². The summed E-state index contributed by atoms with van der Waals surface area (Å²) in [4.78, 5) is 2.47. The molecule has 2 heteroatoms. The molecule has 0 bridgehead atoms. The fourth-order valence-electron chi connectivity index (χ4n) is 10.3. The molecule has 65 heavy (non-hydrogen) atoms. The molecule has 0 fully saturated rings. The van der Waals surface area contributed by atoms with Gasteiger partial charge in [0.25, 0.3) is 0 Å². The summed E-state index contributed by atoms with van der Waals surface area (Å²) in [6.07, 6.45) is 0. The lowest BCUT2D eigenvalue weighted by molar-refractivity contribution is 0.660. The smallest absolute Gasteiger partial charge is 0.135 e. The highest BCUT2D eigenvalue weighted by Gasteiger charge is 2.36. The summed E-state index contributed by atoms with van der Waals surface area (Å²) in [5.41, 5.74) is 22.1. The average Bonchev–Trinajstić information content (AvgIpc) is 3.86. The van der Waals surface area contributed by atoms with Gasteiger partial charge in [-0.25, -0.2) is 0 Å². The van der Waals surface area contributed by atoms with E-state index in [1.54, 1.807) is 0 Å². The van der Waals surface area contributed by atoms with E-state index < -0.39 is 0 Å². The first-order valence-electron chi connectivity index (χ1n) is 22.5. The second kappa shape index (κ2) is 15.6. The maximum absolute atomic E-state index is 6.33. The third-order valence-electron chi connectivity index (χ3n) is 13.5. The summed E-state index contributed by atoms with van der Waals surface area (Å²) in [5, 5.41) is 2.22. The van der Waals surface area contributed by atoms with E-state index in [0.29, 0.717) is 0 Å². The summed E-state index contributed by atoms with van der Waals surface area (Å²) < 4.78 is 6.33. The Balaban J connectivity index is 1.09. The quantitative estimate of drug-likeness (QED) is 0.152. The Morgan fingerprint density at radius 1 is 0.323 bits per heavy atom. The summed E-state index contributed by atoms with van der Waals surface area (Å²) >= 11 is 0. The van der Waals surface area contributed by atoms with Crippen molar-refractivity contribution in [2.24, 2.45) is 0 Å². The van der Waals surface area contributed by atoms with Crippen molar-refractivity contribution >= 4 is 39.0 Å². The molecule has 11 aromatic rings. The number of hydrogen-bond donors (Lipinski definition) is 0. The molecule has 0 atom stereocenters. The average molecular weight is 832 g/mol. The summed E-state index contributed by atoms with van der Waals surface area (Å²) in [6.45, 7) is 4.70. The van der Waals surface area contributed by atoms with Crippen LogP contribution in [0, 0.1) is 0 Å². The Kier molecular flexibility index (Phi) is 9.21. The minimum atomic E-state index is -0.0736. The zero-order chi connectivity index (χ0) is 43.5. The van der Waals surface area contributed by atoms with E-state index in [2.05, 4.69) is 243 Å². The zero-order valence-electron chi connectivity index (χ0n) is 36.4. The fraction of sp³-hybridized carbons (Fsp3) is 0.0476. The van der Waals surface area contributed by atoms with Crippen LogP contribution < -0.4 is 4.90 Å². The van der Waals surface area contributed by atoms with Gasteiger partial charge in [0, 0.05) is 33.0 Å². The highest BCUT2D eigenvalue weighted by Crippen LogP contribution is 2.53. The molecule has 12 rings (SSSR count). The van der Waals surface area contributed by atoms with Crippen LogP contribution in [0.15, 0.2) is 241 Å². The van der Waals surface area contributed by atoms with Gasteiger partial charge in [0.2, 0.25) is 0 Å². The van der Waals surface area contributed by atoms with Gasteiger partial charge >= 0.3 is 0 Å². The predicted octanol–water partition coefficient (Wildman–Crippen LogP) is 17.7. The molecule has 10 aromatic carbocycles. The molecule has 1 aliphatic carbocycles. The predicted molar refractivity (Wildman–Crippen MR) is 273 cm³/mol. The van der Waals surface area contributed by atoms with Crippen molar-refractivity contribution in [1.82, 2.24) is 0 Å². The van der Waals surface area contributed by atoms with Crippen LogP contribution in [-0.4, -0.2) is 0 Å². The molecular weight excluding hydrogens is 787 g/mol. The molecule has 1 aromatic heterocycles. The van der Waals surface area contributed by atoms with Gasteiger partial charge in [0.1, 0.15) is 11.2 Å². The molecule has 0 amide bonds. The lowest BCUT2D eigenvalue weighted by Crippen LogP contribution is -2.14. The van der Waals surface area contributed by atoms with E-state index in [-0.39, 0.29) is 5.41 Å². The van der Waals surface area contributed by atoms with Crippen molar-refractivity contribution in [1.29, 1.82) is 0 Å². The molecule has 0 saturated carbocycles. The second-order valence-electron chi connectivity index (χ2n) is 17.6. The Morgan fingerprint density at radius 2 is 0.831 bits per heavy atom. The lowest BCUT2D eigenvalue weighted by atomic mass is 9.82. The number of furan rings is 1. The van der Waals surface area contributed by atoms with E-state index in [9.17, 15) is 0 Å². The Labute approximate surface area is 380 Å². The van der Waals surface area contributed by atoms with Crippen LogP contribution >= 0.6 is 0 Å². The molecule has 0 saturated heterocycles. The summed E-state index contributed by atoms with van der Waals surface area (Å²) in [6, 6.07) is 86.0. The van der Waals surface area contributed by atoms with Gasteiger partial charge in [-0.05, 0) is 109 Å². The number of anilines is 3. The monoisotopic (exact) mass is 831 g/mol. The van der Waals surface area contributed by atoms with Crippen molar-refractivity contribution in [2.75, 3.05) is 4.90 Å². The normalized spacial score (nSPS) is 12.6. The topological polar surface area (TPSA) is 16.4 Å². The lowest BCUT2D eigenvalue weighted by Gasteiger charge is -2.31. The highest BCUT2D eigenvalue weighted by atomic mass is 16.3. The second-order valence-corrected chi connectivity index (χ2v) is 17.6. The van der Waals surface area contributed by atoms with Crippen molar-refractivity contribution in [3.8, 4) is 66.8 Å². The minimum absolute atomic E-state index is 0.0736. The minimum Gasteiger partial charge on any atom is -0.456 e. The molecule has 0 radical (unpaired) electrons. The van der Waals surface area contributed by atoms with Crippen LogP contribution in [0.1, 0.15) is 25.0 Å². The number of nitrogens with zero attached hydrogens (tertiary/aromatic N) is 1. The number of fused-ring (bicyclic) bond motifs is 6. The first-order chi connectivity index (χ1) is 32.0. The van der Waals surface area contributed by atoms with Gasteiger partial charge in [-0.1, -0.05) is 208 Å². The van der Waals surface area contributed by atoms with E-state index in [0.717, 1.165) is 72.4 Å². The van der Waals surface area contributed by atoms with Crippen molar-refractivity contribution in [3.63, 3.8) is 0 Å². The Bertz CT molecular complexity index is 3540. The van der Waals surface area contributed by atoms with Gasteiger partial charge in [0.05, 0.1) is 11.4 Å². The molecule has 1 heterocycles. The Morgan fingerprint density at radius 3 is 1.62 bits per heavy atom. The van der Waals surface area contributed by atoms with Crippen LogP contribution in [0.5, 0.6) is 0 Å². The number of para-hydroxylation sites is 2. The first kappa shape index (κ1) is 38.5. The summed E-state index contributed by atoms with van der Waals surface area (Å²) in [7, 11) is 0. The first-order valence-corrected chi connectivity index (χ1v) is 22.5. The zero-order valence-corrected chi connectivity index (χ0v) is 36.4. The molecule has 308 valence electrons. The van der Waals surface area contributed by atoms with E-state index >= 15 is 0 Å². The highest BCUT2D eigenvalue weighted by molar-refractivity contribution is 6.08. The summed E-state index contributed by atoms with van der Waals surface area (Å²) in [5.74, 6) is 0. The van der Waals surface area contributed by atoms with E-state index in [4.69, 9.17) is 4.42 Å². The standard InChI is InChI=1S/C63H45NO/c1-63(2)55-26-12-9-23-53(55)62-50(24-15-27-56(62)63)45-35-38-48(39-36-45)64(57-28-13-10-21-49(57)44-19-7-4-8-20-44)58-29-16-25-51(47-37-40-60-54(41-47)52-22-11-14-30-59(52)65-60)61(58)46-33-31-43(32-34-46)42-17-5-3-6-18-42/h3-41H,1-2H3. The molecule has 0 aliphatic heterocycles. The van der Waals surface area contributed by atoms with Crippen molar-refractivity contribution in [2.45, 2.75) is 19.3 Å². The van der Waals surface area contributed by atoms with Gasteiger partial charge in [-0.3, -0.25) is 0 Å².